The smallest absolute Gasteiger partial charge is 0.160 e. The van der Waals surface area contributed by atoms with Crippen LogP contribution in [0.4, 0.5) is 0 Å². The van der Waals surface area contributed by atoms with Gasteiger partial charge in [-0.3, -0.25) is 4.79 Å². The Morgan fingerprint density at radius 1 is 1.67 bits per heavy atom. The van der Waals surface area contributed by atoms with Gasteiger partial charge >= 0.3 is 0 Å². The Morgan fingerprint density at radius 2 is 2.22 bits per heavy atom. The highest BCUT2D eigenvalue weighted by molar-refractivity contribution is 5.94. The van der Waals surface area contributed by atoms with E-state index in [-0.39, 0.29) is 12.4 Å². The lowest BCUT2D eigenvalue weighted by Crippen LogP contribution is -2.03. The van der Waals surface area contributed by atoms with Crippen molar-refractivity contribution in [3.8, 4) is 0 Å². The molecule has 0 saturated carbocycles. The van der Waals surface area contributed by atoms with E-state index in [9.17, 15) is 4.79 Å². The van der Waals surface area contributed by atoms with E-state index in [4.69, 9.17) is 5.11 Å². The van der Waals surface area contributed by atoms with Crippen LogP contribution in [0.25, 0.3) is 0 Å². The van der Waals surface area contributed by atoms with Crippen LogP contribution in [0.1, 0.15) is 19.8 Å². The average Bonchev–Trinajstić information content (AvgIpc) is 1.87. The number of Topliss-reactive ketones (excluding diaryl/α,β-unsaturated/α-hetero) is 1. The van der Waals surface area contributed by atoms with Gasteiger partial charge in [-0.2, -0.15) is 0 Å². The first kappa shape index (κ1) is 8.37. The van der Waals surface area contributed by atoms with Gasteiger partial charge in [0.2, 0.25) is 0 Å². The van der Waals surface area contributed by atoms with E-state index in [0.717, 1.165) is 6.42 Å². The Labute approximate surface area is 55.2 Å². The van der Waals surface area contributed by atoms with Crippen molar-refractivity contribution in [2.75, 3.05) is 6.61 Å². The first-order valence-corrected chi connectivity index (χ1v) is 3.04. The molecule has 0 atom stereocenters. The summed E-state index contributed by atoms with van der Waals surface area (Å²) in [6.45, 7) is 5.10. The van der Waals surface area contributed by atoms with E-state index in [2.05, 4.69) is 6.58 Å². The molecule has 0 aliphatic rings. The van der Waals surface area contributed by atoms with Gasteiger partial charge in [-0.25, -0.2) is 0 Å². The van der Waals surface area contributed by atoms with Crippen molar-refractivity contribution in [3.63, 3.8) is 0 Å². The molecule has 0 rings (SSSR count). The number of aliphatic hydroxyl groups excluding tert-OH is 1. The summed E-state index contributed by atoms with van der Waals surface area (Å²) in [4.78, 5) is 10.7. The maximum absolute atomic E-state index is 10.7. The largest absolute Gasteiger partial charge is 0.392 e. The van der Waals surface area contributed by atoms with Gasteiger partial charge in [0.1, 0.15) is 0 Å². The van der Waals surface area contributed by atoms with Crippen LogP contribution in [0.3, 0.4) is 0 Å². The third kappa shape index (κ3) is 3.03. The molecule has 0 amide bonds. The molecule has 0 aliphatic carbocycles. The zero-order valence-electron chi connectivity index (χ0n) is 5.68. The van der Waals surface area contributed by atoms with Crippen LogP contribution >= 0.6 is 0 Å². The second kappa shape index (κ2) is 4.27. The number of hydrogen-bond donors (Lipinski definition) is 1. The van der Waals surface area contributed by atoms with Gasteiger partial charge in [-0.05, 0) is 6.42 Å². The minimum atomic E-state index is -0.209. The van der Waals surface area contributed by atoms with Crippen LogP contribution in [0.5, 0.6) is 0 Å². The van der Waals surface area contributed by atoms with E-state index in [1.807, 2.05) is 6.92 Å². The highest BCUT2D eigenvalue weighted by atomic mass is 16.3. The Kier molecular flexibility index (Phi) is 3.97. The molecule has 9 heavy (non-hydrogen) atoms. The van der Waals surface area contributed by atoms with E-state index < -0.39 is 0 Å². The van der Waals surface area contributed by atoms with Gasteiger partial charge in [0, 0.05) is 12.0 Å². The second-order valence-corrected chi connectivity index (χ2v) is 1.93. The molecular formula is C7H12O2. The third-order valence-corrected chi connectivity index (χ3v) is 1.06. The van der Waals surface area contributed by atoms with Crippen LogP contribution in [-0.4, -0.2) is 17.5 Å². The molecule has 0 aromatic rings. The molecule has 0 aliphatic heterocycles. The normalized spacial score (nSPS) is 9.11. The van der Waals surface area contributed by atoms with Crippen LogP contribution in [0, 0.1) is 0 Å². The van der Waals surface area contributed by atoms with Gasteiger partial charge in [0.15, 0.2) is 5.78 Å². The lowest BCUT2D eigenvalue weighted by atomic mass is 10.1. The first-order valence-electron chi connectivity index (χ1n) is 3.04. The SMILES string of the molecule is C=C(CO)C(=O)CCC. The summed E-state index contributed by atoms with van der Waals surface area (Å²) in [7, 11) is 0. The summed E-state index contributed by atoms with van der Waals surface area (Å²) in [6.07, 6.45) is 1.32. The van der Waals surface area contributed by atoms with Crippen LogP contribution in [0.15, 0.2) is 12.2 Å². The van der Waals surface area contributed by atoms with Gasteiger partial charge in [-0.15, -0.1) is 0 Å². The molecule has 0 unspecified atom stereocenters. The fourth-order valence-corrected chi connectivity index (χ4v) is 0.492. The molecule has 0 spiro atoms. The summed E-state index contributed by atoms with van der Waals surface area (Å²) in [6, 6.07) is 0. The highest BCUT2D eigenvalue weighted by Gasteiger charge is 2.02. The summed E-state index contributed by atoms with van der Waals surface area (Å²) in [5.41, 5.74) is 0.317. The molecule has 1 N–H and O–H groups in total. The van der Waals surface area contributed by atoms with Crippen LogP contribution in [0.2, 0.25) is 0 Å². The highest BCUT2D eigenvalue weighted by Crippen LogP contribution is 1.97. The van der Waals surface area contributed by atoms with E-state index in [1.165, 1.54) is 0 Å². The standard InChI is InChI=1S/C7H12O2/c1-3-4-7(9)6(2)5-8/h8H,2-5H2,1H3. The van der Waals surface area contributed by atoms with Crippen molar-refractivity contribution >= 4 is 5.78 Å². The van der Waals surface area contributed by atoms with Crippen molar-refractivity contribution < 1.29 is 9.90 Å². The van der Waals surface area contributed by atoms with Crippen molar-refractivity contribution in [3.05, 3.63) is 12.2 Å². The van der Waals surface area contributed by atoms with Gasteiger partial charge in [0.25, 0.3) is 0 Å². The van der Waals surface area contributed by atoms with E-state index in [0.29, 0.717) is 12.0 Å². The number of hydrogen-bond acceptors (Lipinski definition) is 2. The quantitative estimate of drug-likeness (QED) is 0.571. The Hall–Kier alpha value is -0.630. The maximum atomic E-state index is 10.7. The Morgan fingerprint density at radius 3 is 2.56 bits per heavy atom. The zero-order chi connectivity index (χ0) is 7.28. The molecule has 2 heteroatoms. The van der Waals surface area contributed by atoms with Gasteiger partial charge in [0.05, 0.1) is 6.61 Å². The van der Waals surface area contributed by atoms with Gasteiger partial charge in [-0.1, -0.05) is 13.5 Å². The molecule has 52 valence electrons. The fraction of sp³-hybridized carbons (Fsp3) is 0.571. The lowest BCUT2D eigenvalue weighted by molar-refractivity contribution is -0.115. The molecule has 0 saturated heterocycles. The number of carbonyl (C=O) groups is 1. The van der Waals surface area contributed by atoms with E-state index >= 15 is 0 Å². The molecule has 0 aromatic heterocycles. The summed E-state index contributed by atoms with van der Waals surface area (Å²) < 4.78 is 0. The summed E-state index contributed by atoms with van der Waals surface area (Å²) in [5.74, 6) is -0.0278. The number of rotatable bonds is 4. The van der Waals surface area contributed by atoms with Crippen molar-refractivity contribution in [1.29, 1.82) is 0 Å². The molecule has 0 heterocycles. The molecule has 0 aromatic carbocycles. The number of carbonyl (C=O) groups excluding carboxylic acids is 1. The summed E-state index contributed by atoms with van der Waals surface area (Å²) >= 11 is 0. The Balaban J connectivity index is 3.60. The fourth-order valence-electron chi connectivity index (χ4n) is 0.492. The summed E-state index contributed by atoms with van der Waals surface area (Å²) in [5, 5.41) is 8.41. The van der Waals surface area contributed by atoms with Crippen LogP contribution < -0.4 is 0 Å². The molecule has 0 radical (unpaired) electrons. The van der Waals surface area contributed by atoms with Crippen molar-refractivity contribution in [2.45, 2.75) is 19.8 Å². The zero-order valence-corrected chi connectivity index (χ0v) is 5.68. The van der Waals surface area contributed by atoms with E-state index in [1.54, 1.807) is 0 Å². The predicted molar refractivity (Wildman–Crippen MR) is 36.1 cm³/mol. The monoisotopic (exact) mass is 128 g/mol. The third-order valence-electron chi connectivity index (χ3n) is 1.06. The molecule has 0 fully saturated rings. The molecule has 0 bridgehead atoms. The minimum absolute atomic E-state index is 0.0278. The second-order valence-electron chi connectivity index (χ2n) is 1.93. The first-order chi connectivity index (χ1) is 4.22. The minimum Gasteiger partial charge on any atom is -0.392 e. The topological polar surface area (TPSA) is 37.3 Å². The van der Waals surface area contributed by atoms with Gasteiger partial charge < -0.3 is 5.11 Å². The van der Waals surface area contributed by atoms with Crippen LogP contribution in [-0.2, 0) is 4.79 Å². The van der Waals surface area contributed by atoms with Crippen molar-refractivity contribution in [1.82, 2.24) is 0 Å². The maximum Gasteiger partial charge on any atom is 0.160 e. The molecular weight excluding hydrogens is 116 g/mol. The molecule has 2 nitrogen and oxygen atoms in total. The number of aliphatic hydroxyl groups is 1. The number of ketones is 1. The lowest BCUT2D eigenvalue weighted by Gasteiger charge is -1.96. The van der Waals surface area contributed by atoms with Crippen molar-refractivity contribution in [2.24, 2.45) is 0 Å². The predicted octanol–water partition coefficient (Wildman–Crippen LogP) is 0.904. The Bertz CT molecular complexity index is 116. The average molecular weight is 128 g/mol.